The number of aromatic nitrogens is 2. The van der Waals surface area contributed by atoms with Crippen molar-refractivity contribution in [3.8, 4) is 0 Å². The lowest BCUT2D eigenvalue weighted by molar-refractivity contribution is 0.0771. The fraction of sp³-hybridized carbons (Fsp3) is 0.615. The van der Waals surface area contributed by atoms with Gasteiger partial charge in [0.05, 0.1) is 0 Å². The molecule has 0 spiro atoms. The number of hydrogen-bond acceptors (Lipinski definition) is 4. The first-order chi connectivity index (χ1) is 9.15. The van der Waals surface area contributed by atoms with Crippen LogP contribution in [0.3, 0.4) is 0 Å². The number of nitrogens with one attached hydrogen (secondary N) is 1. The van der Waals surface area contributed by atoms with Gasteiger partial charge in [-0.05, 0) is 25.6 Å². The van der Waals surface area contributed by atoms with Crippen molar-refractivity contribution in [3.63, 3.8) is 0 Å². The second kappa shape index (κ2) is 5.97. The minimum absolute atomic E-state index is 0.106. The van der Waals surface area contributed by atoms with Gasteiger partial charge in [0.15, 0.2) is 0 Å². The average molecular weight is 264 g/mol. The zero-order valence-electron chi connectivity index (χ0n) is 11.4. The Labute approximate surface area is 112 Å². The van der Waals surface area contributed by atoms with Crippen LogP contribution in [0.2, 0.25) is 0 Å². The molecule has 1 atom stereocenters. The van der Waals surface area contributed by atoms with Crippen LogP contribution in [0.15, 0.2) is 16.9 Å². The zero-order valence-corrected chi connectivity index (χ0v) is 11.4. The molecule has 2 rings (SSSR count). The Morgan fingerprint density at radius 1 is 1.47 bits per heavy atom. The summed E-state index contributed by atoms with van der Waals surface area (Å²) in [4.78, 5) is 27.3. The summed E-state index contributed by atoms with van der Waals surface area (Å²) in [6.07, 6.45) is 0.997. The highest BCUT2D eigenvalue weighted by Crippen LogP contribution is 2.17. The summed E-state index contributed by atoms with van der Waals surface area (Å²) in [7, 11) is 0. The van der Waals surface area contributed by atoms with Gasteiger partial charge in [-0.3, -0.25) is 14.5 Å². The van der Waals surface area contributed by atoms with Gasteiger partial charge in [0.1, 0.15) is 5.69 Å². The van der Waals surface area contributed by atoms with Crippen LogP contribution in [0.1, 0.15) is 30.8 Å². The van der Waals surface area contributed by atoms with E-state index in [0.717, 1.165) is 32.6 Å². The molecule has 1 saturated heterocycles. The molecule has 1 aromatic heterocycles. The van der Waals surface area contributed by atoms with Gasteiger partial charge in [0, 0.05) is 25.2 Å². The minimum atomic E-state index is -0.293. The first-order valence-corrected chi connectivity index (χ1v) is 6.74. The topological polar surface area (TPSA) is 69.3 Å². The molecular weight excluding hydrogens is 244 g/mol. The van der Waals surface area contributed by atoms with Gasteiger partial charge in [-0.25, -0.2) is 5.10 Å². The van der Waals surface area contributed by atoms with Crippen molar-refractivity contribution in [2.24, 2.45) is 0 Å². The van der Waals surface area contributed by atoms with E-state index in [4.69, 9.17) is 0 Å². The molecule has 0 aliphatic carbocycles. The third-order valence-corrected chi connectivity index (χ3v) is 3.68. The average Bonchev–Trinajstić information content (AvgIpc) is 2.90. The summed E-state index contributed by atoms with van der Waals surface area (Å²) in [6.45, 7) is 7.76. The van der Waals surface area contributed by atoms with Crippen LogP contribution in [0.5, 0.6) is 0 Å². The maximum absolute atomic E-state index is 12.2. The smallest absolute Gasteiger partial charge is 0.274 e. The van der Waals surface area contributed by atoms with Crippen LogP contribution in [-0.4, -0.2) is 58.1 Å². The number of likely N-dealkylation sites (N-methyl/N-ethyl adjacent to an activating group) is 1. The van der Waals surface area contributed by atoms with Crippen molar-refractivity contribution in [1.82, 2.24) is 20.0 Å². The molecule has 6 heteroatoms. The standard InChI is InChI=1S/C13H20N4O2/c1-3-16(4-2)10-7-8-17(9-10)13(19)11-5-6-12(18)15-14-11/h5-6,10H,3-4,7-9H2,1-2H3,(H,15,18). The molecule has 2 heterocycles. The lowest BCUT2D eigenvalue weighted by Crippen LogP contribution is -2.38. The van der Waals surface area contributed by atoms with Crippen LogP contribution < -0.4 is 5.56 Å². The Bertz CT molecular complexity index is 475. The highest BCUT2D eigenvalue weighted by atomic mass is 16.2. The fourth-order valence-corrected chi connectivity index (χ4v) is 2.59. The lowest BCUT2D eigenvalue weighted by Gasteiger charge is -2.26. The Morgan fingerprint density at radius 3 is 2.79 bits per heavy atom. The predicted octanol–water partition coefficient (Wildman–Crippen LogP) is 0.326. The maximum Gasteiger partial charge on any atom is 0.274 e. The highest BCUT2D eigenvalue weighted by molar-refractivity contribution is 5.92. The number of amides is 1. The lowest BCUT2D eigenvalue weighted by atomic mass is 10.2. The molecule has 1 aliphatic heterocycles. The number of nitrogens with zero attached hydrogens (tertiary/aromatic N) is 3. The Balaban J connectivity index is 2.02. The number of carbonyl (C=O) groups excluding carboxylic acids is 1. The quantitative estimate of drug-likeness (QED) is 0.850. The van der Waals surface area contributed by atoms with E-state index in [-0.39, 0.29) is 11.5 Å². The van der Waals surface area contributed by atoms with Crippen molar-refractivity contribution in [2.75, 3.05) is 26.2 Å². The highest BCUT2D eigenvalue weighted by Gasteiger charge is 2.30. The molecule has 0 bridgehead atoms. The number of rotatable bonds is 4. The van der Waals surface area contributed by atoms with E-state index in [1.165, 1.54) is 12.1 Å². The summed E-state index contributed by atoms with van der Waals surface area (Å²) in [5, 5.41) is 6.09. The molecule has 0 saturated carbocycles. The van der Waals surface area contributed by atoms with Crippen LogP contribution in [0.4, 0.5) is 0 Å². The second-order valence-electron chi connectivity index (χ2n) is 4.72. The third kappa shape index (κ3) is 3.01. The molecule has 1 N–H and O–H groups in total. The van der Waals surface area contributed by atoms with E-state index in [2.05, 4.69) is 28.9 Å². The molecule has 1 unspecified atom stereocenters. The largest absolute Gasteiger partial charge is 0.336 e. The predicted molar refractivity (Wildman–Crippen MR) is 72.1 cm³/mol. The molecule has 1 aromatic rings. The summed E-state index contributed by atoms with van der Waals surface area (Å²) in [5.41, 5.74) is 0.0128. The number of aromatic amines is 1. The van der Waals surface area contributed by atoms with E-state index < -0.39 is 0 Å². The van der Waals surface area contributed by atoms with Crippen molar-refractivity contribution in [1.29, 1.82) is 0 Å². The van der Waals surface area contributed by atoms with Crippen LogP contribution in [-0.2, 0) is 0 Å². The van der Waals surface area contributed by atoms with Gasteiger partial charge in [-0.15, -0.1) is 0 Å². The summed E-state index contributed by atoms with van der Waals surface area (Å²) < 4.78 is 0. The number of carbonyl (C=O) groups is 1. The van der Waals surface area contributed by atoms with Gasteiger partial charge in [-0.1, -0.05) is 13.8 Å². The van der Waals surface area contributed by atoms with Crippen molar-refractivity contribution in [3.05, 3.63) is 28.2 Å². The maximum atomic E-state index is 12.2. The Morgan fingerprint density at radius 2 is 2.21 bits per heavy atom. The van der Waals surface area contributed by atoms with Gasteiger partial charge in [0.2, 0.25) is 0 Å². The van der Waals surface area contributed by atoms with Gasteiger partial charge in [0.25, 0.3) is 11.5 Å². The first-order valence-electron chi connectivity index (χ1n) is 6.74. The van der Waals surface area contributed by atoms with Gasteiger partial charge < -0.3 is 4.90 Å². The van der Waals surface area contributed by atoms with Crippen LogP contribution in [0, 0.1) is 0 Å². The van der Waals surface area contributed by atoms with Crippen molar-refractivity contribution < 1.29 is 4.79 Å². The number of hydrogen-bond donors (Lipinski definition) is 1. The SMILES string of the molecule is CCN(CC)C1CCN(C(=O)c2ccc(=O)[nH]n2)C1. The van der Waals surface area contributed by atoms with Crippen LogP contribution in [0.25, 0.3) is 0 Å². The molecule has 104 valence electrons. The van der Waals surface area contributed by atoms with E-state index in [0.29, 0.717) is 11.7 Å². The summed E-state index contributed by atoms with van der Waals surface area (Å²) in [5.74, 6) is -0.106. The molecule has 1 aliphatic rings. The van der Waals surface area contributed by atoms with Crippen LogP contribution >= 0.6 is 0 Å². The number of likely N-dealkylation sites (tertiary alicyclic amines) is 1. The molecule has 6 nitrogen and oxygen atoms in total. The Hall–Kier alpha value is -1.69. The van der Waals surface area contributed by atoms with E-state index in [9.17, 15) is 9.59 Å². The van der Waals surface area contributed by atoms with Crippen molar-refractivity contribution >= 4 is 5.91 Å². The molecular formula is C13H20N4O2. The zero-order chi connectivity index (χ0) is 13.8. The molecule has 19 heavy (non-hydrogen) atoms. The fourth-order valence-electron chi connectivity index (χ4n) is 2.59. The number of H-pyrrole nitrogens is 1. The molecule has 0 radical (unpaired) electrons. The third-order valence-electron chi connectivity index (χ3n) is 3.68. The first kappa shape index (κ1) is 13.7. The van der Waals surface area contributed by atoms with E-state index in [1.54, 1.807) is 0 Å². The van der Waals surface area contributed by atoms with Gasteiger partial charge >= 0.3 is 0 Å². The normalized spacial score (nSPS) is 19.1. The van der Waals surface area contributed by atoms with Gasteiger partial charge in [-0.2, -0.15) is 5.10 Å². The van der Waals surface area contributed by atoms with E-state index in [1.807, 2.05) is 4.90 Å². The Kier molecular flexibility index (Phi) is 4.31. The molecule has 0 aromatic carbocycles. The summed E-state index contributed by atoms with van der Waals surface area (Å²) >= 11 is 0. The van der Waals surface area contributed by atoms with Crippen molar-refractivity contribution in [2.45, 2.75) is 26.3 Å². The molecule has 1 fully saturated rings. The second-order valence-corrected chi connectivity index (χ2v) is 4.72. The monoisotopic (exact) mass is 264 g/mol. The molecule has 1 amide bonds. The minimum Gasteiger partial charge on any atom is -0.336 e. The summed E-state index contributed by atoms with van der Waals surface area (Å²) in [6, 6.07) is 3.24. The van der Waals surface area contributed by atoms with E-state index >= 15 is 0 Å².